The highest BCUT2D eigenvalue weighted by atomic mass is 32.2. The molecular weight excluding hydrogens is 400 g/mol. The number of benzene rings is 2. The highest BCUT2D eigenvalue weighted by molar-refractivity contribution is 7.87. The first kappa shape index (κ1) is 23.6. The zero-order chi connectivity index (χ0) is 21.9. The Kier molecular flexibility index (Phi) is 7.36. The Bertz CT molecular complexity index is 926. The molecule has 2 aromatic rings. The van der Waals surface area contributed by atoms with Gasteiger partial charge in [-0.25, -0.2) is 0 Å². The van der Waals surface area contributed by atoms with Crippen molar-refractivity contribution in [3.05, 3.63) is 59.2 Å². The lowest BCUT2D eigenvalue weighted by Gasteiger charge is -2.36. The van der Waals surface area contributed by atoms with Crippen molar-refractivity contribution in [2.75, 3.05) is 6.61 Å². The molecule has 0 saturated heterocycles. The number of aryl methyl sites for hydroxylation is 3. The minimum absolute atomic E-state index is 0.165. The van der Waals surface area contributed by atoms with E-state index in [4.69, 9.17) is 8.61 Å². The quantitative estimate of drug-likeness (QED) is 0.289. The molecular formula is C23H34O4SSi. The van der Waals surface area contributed by atoms with Crippen LogP contribution in [0.1, 0.15) is 43.9 Å². The lowest BCUT2D eigenvalue weighted by molar-refractivity contribution is 0.282. The number of para-hydroxylation sites is 1. The van der Waals surface area contributed by atoms with E-state index in [1.807, 2.05) is 32.0 Å². The van der Waals surface area contributed by atoms with Crippen molar-refractivity contribution in [1.82, 2.24) is 0 Å². The molecule has 0 aliphatic carbocycles. The van der Waals surface area contributed by atoms with Crippen molar-refractivity contribution in [2.45, 2.75) is 70.5 Å². The summed E-state index contributed by atoms with van der Waals surface area (Å²) in [4.78, 5) is 0.165. The fourth-order valence-corrected chi connectivity index (χ4v) is 4.81. The summed E-state index contributed by atoms with van der Waals surface area (Å²) < 4.78 is 37.3. The van der Waals surface area contributed by atoms with E-state index in [-0.39, 0.29) is 9.93 Å². The van der Waals surface area contributed by atoms with E-state index in [0.717, 1.165) is 23.1 Å². The van der Waals surface area contributed by atoms with Gasteiger partial charge < -0.3 is 8.61 Å². The van der Waals surface area contributed by atoms with Crippen LogP contribution in [0.3, 0.4) is 0 Å². The van der Waals surface area contributed by atoms with Gasteiger partial charge in [-0.15, -0.1) is 0 Å². The molecule has 0 aliphatic heterocycles. The van der Waals surface area contributed by atoms with Gasteiger partial charge in [0.15, 0.2) is 8.32 Å². The Morgan fingerprint density at radius 2 is 1.59 bits per heavy atom. The minimum atomic E-state index is -3.87. The van der Waals surface area contributed by atoms with Gasteiger partial charge in [0.2, 0.25) is 0 Å². The fourth-order valence-electron chi connectivity index (χ4n) is 2.70. The van der Waals surface area contributed by atoms with Crippen molar-refractivity contribution < 1.29 is 17.0 Å². The Labute approximate surface area is 177 Å². The third kappa shape index (κ3) is 6.17. The van der Waals surface area contributed by atoms with Crippen molar-refractivity contribution in [3.8, 4) is 5.75 Å². The van der Waals surface area contributed by atoms with E-state index >= 15 is 0 Å². The molecule has 29 heavy (non-hydrogen) atoms. The first-order valence-electron chi connectivity index (χ1n) is 10.1. The molecule has 0 atom stereocenters. The molecule has 2 aromatic carbocycles. The number of hydrogen-bond donors (Lipinski definition) is 0. The molecule has 2 rings (SSSR count). The average molecular weight is 435 g/mol. The molecule has 0 spiro atoms. The van der Waals surface area contributed by atoms with Crippen LogP contribution in [-0.4, -0.2) is 23.3 Å². The molecule has 0 aromatic heterocycles. The lowest BCUT2D eigenvalue weighted by atomic mass is 10.1. The van der Waals surface area contributed by atoms with Crippen LogP contribution in [0.15, 0.2) is 47.4 Å². The molecule has 0 fully saturated rings. The molecule has 0 radical (unpaired) electrons. The van der Waals surface area contributed by atoms with Crippen molar-refractivity contribution in [1.29, 1.82) is 0 Å². The summed E-state index contributed by atoms with van der Waals surface area (Å²) in [7, 11) is -5.65. The second kappa shape index (κ2) is 9.02. The second-order valence-corrected chi connectivity index (χ2v) is 15.5. The third-order valence-corrected chi connectivity index (χ3v) is 11.4. The molecule has 6 heteroatoms. The standard InChI is InChI=1S/C23H34O4SSi/c1-18-13-15-21(16-14-18)28(24,25)27-22-19(2)10-8-11-20(22)12-9-17-26-29(6,7)23(3,4)5/h8,10-11,13-16H,9,12,17H2,1-7H3. The topological polar surface area (TPSA) is 52.6 Å². The van der Waals surface area contributed by atoms with Crippen LogP contribution in [0.25, 0.3) is 0 Å². The van der Waals surface area contributed by atoms with Gasteiger partial charge in [-0.3, -0.25) is 0 Å². The van der Waals surface area contributed by atoms with Crippen LogP contribution in [0, 0.1) is 13.8 Å². The van der Waals surface area contributed by atoms with Crippen LogP contribution >= 0.6 is 0 Å². The average Bonchev–Trinajstić information content (AvgIpc) is 2.60. The molecule has 0 bridgehead atoms. The van der Waals surface area contributed by atoms with Crippen LogP contribution in [0.5, 0.6) is 5.75 Å². The molecule has 0 N–H and O–H groups in total. The summed E-state index contributed by atoms with van der Waals surface area (Å²) in [5.74, 6) is 0.431. The molecule has 4 nitrogen and oxygen atoms in total. The maximum absolute atomic E-state index is 12.7. The maximum Gasteiger partial charge on any atom is 0.339 e. The third-order valence-electron chi connectivity index (χ3n) is 5.66. The Balaban J connectivity index is 2.12. The molecule has 0 unspecified atom stereocenters. The van der Waals surface area contributed by atoms with Gasteiger partial charge >= 0.3 is 10.1 Å². The van der Waals surface area contributed by atoms with Crippen molar-refractivity contribution in [3.63, 3.8) is 0 Å². The van der Waals surface area contributed by atoms with E-state index in [1.54, 1.807) is 24.3 Å². The first-order chi connectivity index (χ1) is 13.3. The van der Waals surface area contributed by atoms with Gasteiger partial charge in [-0.1, -0.05) is 56.7 Å². The highest BCUT2D eigenvalue weighted by Crippen LogP contribution is 2.36. The number of hydrogen-bond acceptors (Lipinski definition) is 4. The predicted octanol–water partition coefficient (Wildman–Crippen LogP) is 6.03. The summed E-state index contributed by atoms with van der Waals surface area (Å²) in [5, 5.41) is 0.173. The minimum Gasteiger partial charge on any atom is -0.417 e. The van der Waals surface area contributed by atoms with Crippen LogP contribution < -0.4 is 4.18 Å². The van der Waals surface area contributed by atoms with Gasteiger partial charge in [0.1, 0.15) is 10.6 Å². The molecule has 0 aliphatic rings. The Morgan fingerprint density at radius 3 is 2.17 bits per heavy atom. The summed E-state index contributed by atoms with van der Waals surface area (Å²) in [6.45, 7) is 15.6. The summed E-state index contributed by atoms with van der Waals surface area (Å²) in [6, 6.07) is 12.4. The van der Waals surface area contributed by atoms with Gasteiger partial charge in [-0.05, 0) is 68.1 Å². The SMILES string of the molecule is Cc1ccc(S(=O)(=O)Oc2c(C)cccc2CCCO[Si](C)(C)C(C)(C)C)cc1. The van der Waals surface area contributed by atoms with Crippen molar-refractivity contribution >= 4 is 18.4 Å². The van der Waals surface area contributed by atoms with E-state index in [0.29, 0.717) is 18.8 Å². The molecule has 0 saturated carbocycles. The normalized spacial score (nSPS) is 12.8. The van der Waals surface area contributed by atoms with Gasteiger partial charge in [-0.2, -0.15) is 8.42 Å². The second-order valence-electron chi connectivity index (χ2n) is 9.13. The van der Waals surface area contributed by atoms with Gasteiger partial charge in [0.05, 0.1) is 0 Å². The van der Waals surface area contributed by atoms with Gasteiger partial charge in [0, 0.05) is 6.61 Å². The fraction of sp³-hybridized carbons (Fsp3) is 0.478. The van der Waals surface area contributed by atoms with E-state index < -0.39 is 18.4 Å². The first-order valence-corrected chi connectivity index (χ1v) is 14.4. The molecule has 160 valence electrons. The molecule has 0 heterocycles. The van der Waals surface area contributed by atoms with Crippen LogP contribution in [0.4, 0.5) is 0 Å². The summed E-state index contributed by atoms with van der Waals surface area (Å²) >= 11 is 0. The smallest absolute Gasteiger partial charge is 0.339 e. The summed E-state index contributed by atoms with van der Waals surface area (Å²) in [6.07, 6.45) is 1.52. The van der Waals surface area contributed by atoms with Crippen LogP contribution in [-0.2, 0) is 21.0 Å². The Hall–Kier alpha value is -1.63. The van der Waals surface area contributed by atoms with Crippen LogP contribution in [0.2, 0.25) is 18.1 Å². The van der Waals surface area contributed by atoms with Gasteiger partial charge in [0.25, 0.3) is 0 Å². The monoisotopic (exact) mass is 434 g/mol. The van der Waals surface area contributed by atoms with E-state index in [9.17, 15) is 8.42 Å². The summed E-state index contributed by atoms with van der Waals surface area (Å²) in [5.41, 5.74) is 2.70. The maximum atomic E-state index is 12.7. The largest absolute Gasteiger partial charge is 0.417 e. The zero-order valence-electron chi connectivity index (χ0n) is 18.7. The number of rotatable bonds is 8. The van der Waals surface area contributed by atoms with E-state index in [1.165, 1.54) is 0 Å². The zero-order valence-corrected chi connectivity index (χ0v) is 20.5. The molecule has 0 amide bonds. The van der Waals surface area contributed by atoms with E-state index in [2.05, 4.69) is 33.9 Å². The Morgan fingerprint density at radius 1 is 0.966 bits per heavy atom. The lowest BCUT2D eigenvalue weighted by Crippen LogP contribution is -2.41. The van der Waals surface area contributed by atoms with Crippen molar-refractivity contribution in [2.24, 2.45) is 0 Å². The highest BCUT2D eigenvalue weighted by Gasteiger charge is 2.36. The predicted molar refractivity (Wildman–Crippen MR) is 122 cm³/mol.